The summed E-state index contributed by atoms with van der Waals surface area (Å²) >= 11 is 1.96. The number of phenolic OH excluding ortho intramolecular Hbond substituents is 1. The minimum Gasteiger partial charge on any atom is -0.508 e. The molecule has 1 aliphatic heterocycles. The summed E-state index contributed by atoms with van der Waals surface area (Å²) in [6.07, 6.45) is 6.86. The molecule has 2 aliphatic rings. The highest BCUT2D eigenvalue weighted by Gasteiger charge is 2.35. The summed E-state index contributed by atoms with van der Waals surface area (Å²) in [6.45, 7) is 1.04. The largest absolute Gasteiger partial charge is 0.508 e. The predicted molar refractivity (Wildman–Crippen MR) is 101 cm³/mol. The molecule has 2 N–H and O–H groups in total. The Morgan fingerprint density at radius 3 is 2.84 bits per heavy atom. The zero-order chi connectivity index (χ0) is 17.6. The van der Waals surface area contributed by atoms with Gasteiger partial charge < -0.3 is 15.3 Å². The van der Waals surface area contributed by atoms with Gasteiger partial charge in [-0.15, -0.1) is 0 Å². The van der Waals surface area contributed by atoms with Gasteiger partial charge in [0.05, 0.1) is 5.92 Å². The van der Waals surface area contributed by atoms with Gasteiger partial charge in [0.15, 0.2) is 0 Å². The Labute approximate surface area is 153 Å². The smallest absolute Gasteiger partial charge is 0.227 e. The highest BCUT2D eigenvalue weighted by molar-refractivity contribution is 7.99. The van der Waals surface area contributed by atoms with Crippen LogP contribution < -0.4 is 10.2 Å². The van der Waals surface area contributed by atoms with E-state index in [1.807, 2.05) is 11.8 Å². The fraction of sp³-hybridized carbons (Fsp3) is 0.579. The van der Waals surface area contributed by atoms with Gasteiger partial charge in [-0.1, -0.05) is 25.3 Å². The van der Waals surface area contributed by atoms with Gasteiger partial charge in [0.1, 0.15) is 5.75 Å². The number of hydrogen-bond donors (Lipinski definition) is 2. The summed E-state index contributed by atoms with van der Waals surface area (Å²) < 4.78 is 0. The number of aromatic hydroxyl groups is 1. The SMILES string of the molecule is O=C(NCCSC1CCCCC1)[C@@H]1CC(=O)N(c2cccc(O)c2)C1. The Bertz CT molecular complexity index is 616. The third kappa shape index (κ3) is 4.91. The number of carbonyl (C=O) groups excluding carboxylic acids is 2. The third-order valence-corrected chi connectivity index (χ3v) is 6.33. The first-order valence-electron chi connectivity index (χ1n) is 9.12. The lowest BCUT2D eigenvalue weighted by atomic mass is 10.0. The highest BCUT2D eigenvalue weighted by Crippen LogP contribution is 2.29. The van der Waals surface area contributed by atoms with E-state index < -0.39 is 0 Å². The number of carbonyl (C=O) groups is 2. The molecule has 1 aliphatic carbocycles. The van der Waals surface area contributed by atoms with E-state index in [0.29, 0.717) is 18.8 Å². The van der Waals surface area contributed by atoms with Crippen LogP contribution >= 0.6 is 11.8 Å². The van der Waals surface area contributed by atoms with Crippen molar-refractivity contribution in [3.63, 3.8) is 0 Å². The zero-order valence-electron chi connectivity index (χ0n) is 14.4. The van der Waals surface area contributed by atoms with Gasteiger partial charge in [-0.05, 0) is 25.0 Å². The van der Waals surface area contributed by atoms with E-state index in [4.69, 9.17) is 0 Å². The molecule has 25 heavy (non-hydrogen) atoms. The number of nitrogens with one attached hydrogen (secondary N) is 1. The predicted octanol–water partition coefficient (Wildman–Crippen LogP) is 2.93. The van der Waals surface area contributed by atoms with Crippen molar-refractivity contribution in [3.05, 3.63) is 24.3 Å². The average molecular weight is 362 g/mol. The molecule has 0 unspecified atom stereocenters. The molecule has 1 aromatic rings. The molecule has 0 spiro atoms. The van der Waals surface area contributed by atoms with Crippen molar-refractivity contribution in [1.29, 1.82) is 0 Å². The second-order valence-electron chi connectivity index (χ2n) is 6.85. The first-order valence-corrected chi connectivity index (χ1v) is 10.2. The van der Waals surface area contributed by atoms with Crippen LogP contribution in [0.2, 0.25) is 0 Å². The quantitative estimate of drug-likeness (QED) is 0.764. The number of anilines is 1. The number of amides is 2. The molecule has 0 radical (unpaired) electrons. The molecule has 1 saturated heterocycles. The molecular weight excluding hydrogens is 336 g/mol. The standard InChI is InChI=1S/C19H26N2O3S/c22-16-6-4-5-15(12-16)21-13-14(11-18(21)23)19(24)20-9-10-25-17-7-2-1-3-8-17/h4-6,12,14,17,22H,1-3,7-11,13H2,(H,20,24)/t14-/m1/s1. The summed E-state index contributed by atoms with van der Waals surface area (Å²) in [4.78, 5) is 26.1. The second kappa shape index (κ2) is 8.61. The lowest BCUT2D eigenvalue weighted by molar-refractivity contribution is -0.126. The van der Waals surface area contributed by atoms with Gasteiger partial charge in [-0.2, -0.15) is 11.8 Å². The van der Waals surface area contributed by atoms with Crippen LogP contribution in [0.25, 0.3) is 0 Å². The van der Waals surface area contributed by atoms with Gasteiger partial charge in [-0.3, -0.25) is 9.59 Å². The number of phenols is 1. The van der Waals surface area contributed by atoms with Crippen LogP contribution in [0.15, 0.2) is 24.3 Å². The van der Waals surface area contributed by atoms with Crippen molar-refractivity contribution in [1.82, 2.24) is 5.32 Å². The van der Waals surface area contributed by atoms with Crippen LogP contribution in [-0.2, 0) is 9.59 Å². The lowest BCUT2D eigenvalue weighted by Crippen LogP contribution is -2.34. The van der Waals surface area contributed by atoms with Gasteiger partial charge in [0.2, 0.25) is 11.8 Å². The molecule has 5 nitrogen and oxygen atoms in total. The van der Waals surface area contributed by atoms with Crippen LogP contribution in [-0.4, -0.2) is 41.0 Å². The number of hydrogen-bond acceptors (Lipinski definition) is 4. The summed E-state index contributed by atoms with van der Waals surface area (Å²) in [5, 5.41) is 13.3. The molecule has 1 aromatic carbocycles. The maximum Gasteiger partial charge on any atom is 0.227 e. The Morgan fingerprint density at radius 2 is 2.08 bits per heavy atom. The first kappa shape index (κ1) is 18.1. The maximum atomic E-state index is 12.3. The van der Waals surface area contributed by atoms with E-state index in [-0.39, 0.29) is 29.9 Å². The number of benzene rings is 1. The van der Waals surface area contributed by atoms with E-state index in [0.717, 1.165) is 11.0 Å². The molecule has 2 fully saturated rings. The van der Waals surface area contributed by atoms with Crippen molar-refractivity contribution in [2.75, 3.05) is 23.7 Å². The molecule has 1 heterocycles. The summed E-state index contributed by atoms with van der Waals surface area (Å²) in [6, 6.07) is 6.60. The fourth-order valence-corrected chi connectivity index (χ4v) is 4.79. The number of thioether (sulfide) groups is 1. The van der Waals surface area contributed by atoms with Crippen molar-refractivity contribution in [3.8, 4) is 5.75 Å². The van der Waals surface area contributed by atoms with Crippen molar-refractivity contribution in [2.45, 2.75) is 43.8 Å². The van der Waals surface area contributed by atoms with E-state index >= 15 is 0 Å². The normalized spacial score (nSPS) is 21.5. The molecule has 1 atom stereocenters. The van der Waals surface area contributed by atoms with E-state index in [2.05, 4.69) is 5.32 Å². The van der Waals surface area contributed by atoms with Crippen LogP contribution in [0.3, 0.4) is 0 Å². The van der Waals surface area contributed by atoms with E-state index in [1.54, 1.807) is 29.2 Å². The van der Waals surface area contributed by atoms with E-state index in [9.17, 15) is 14.7 Å². The summed E-state index contributed by atoms with van der Waals surface area (Å²) in [5.41, 5.74) is 0.646. The van der Waals surface area contributed by atoms with Gasteiger partial charge in [0, 0.05) is 42.3 Å². The minimum atomic E-state index is -0.311. The van der Waals surface area contributed by atoms with E-state index in [1.165, 1.54) is 32.1 Å². The molecule has 2 amide bonds. The Kier molecular flexibility index (Phi) is 6.24. The Morgan fingerprint density at radius 1 is 1.28 bits per heavy atom. The molecule has 0 aromatic heterocycles. The van der Waals surface area contributed by atoms with Crippen molar-refractivity contribution < 1.29 is 14.7 Å². The fourth-order valence-electron chi connectivity index (χ4n) is 3.57. The van der Waals surface area contributed by atoms with Crippen molar-refractivity contribution in [2.24, 2.45) is 5.92 Å². The monoisotopic (exact) mass is 362 g/mol. The summed E-state index contributed by atoms with van der Waals surface area (Å²) in [7, 11) is 0. The molecule has 3 rings (SSSR count). The third-order valence-electron chi connectivity index (χ3n) is 4.94. The molecular formula is C19H26N2O3S. The lowest BCUT2D eigenvalue weighted by Gasteiger charge is -2.21. The number of rotatable bonds is 6. The van der Waals surface area contributed by atoms with Crippen LogP contribution in [0.1, 0.15) is 38.5 Å². The Balaban J connectivity index is 1.43. The first-order chi connectivity index (χ1) is 12.1. The zero-order valence-corrected chi connectivity index (χ0v) is 15.3. The van der Waals surface area contributed by atoms with Crippen LogP contribution in [0, 0.1) is 5.92 Å². The van der Waals surface area contributed by atoms with Crippen LogP contribution in [0.5, 0.6) is 5.75 Å². The minimum absolute atomic E-state index is 0.0414. The van der Waals surface area contributed by atoms with Gasteiger partial charge >= 0.3 is 0 Å². The van der Waals surface area contributed by atoms with Crippen LogP contribution in [0.4, 0.5) is 5.69 Å². The average Bonchev–Trinajstić information content (AvgIpc) is 3.01. The second-order valence-corrected chi connectivity index (χ2v) is 8.26. The number of nitrogens with zero attached hydrogens (tertiary/aromatic N) is 1. The molecule has 136 valence electrons. The molecule has 1 saturated carbocycles. The van der Waals surface area contributed by atoms with Gasteiger partial charge in [-0.25, -0.2) is 0 Å². The summed E-state index contributed by atoms with van der Waals surface area (Å²) in [5.74, 6) is 0.642. The maximum absolute atomic E-state index is 12.3. The van der Waals surface area contributed by atoms with Gasteiger partial charge in [0.25, 0.3) is 0 Å². The topological polar surface area (TPSA) is 69.6 Å². The molecule has 0 bridgehead atoms. The molecule has 6 heteroatoms. The Hall–Kier alpha value is -1.69. The highest BCUT2D eigenvalue weighted by atomic mass is 32.2. The van der Waals surface area contributed by atoms with Crippen molar-refractivity contribution >= 4 is 29.3 Å².